The summed E-state index contributed by atoms with van der Waals surface area (Å²) in [6.07, 6.45) is 44.4. The molecular formula is C64H96N2O6. The predicted octanol–water partition coefficient (Wildman–Crippen LogP) is 16.8. The molecule has 2 aliphatic heterocycles. The Morgan fingerprint density at radius 1 is 0.542 bits per heavy atom. The van der Waals surface area contributed by atoms with E-state index in [4.69, 9.17) is 0 Å². The Morgan fingerprint density at radius 2 is 0.944 bits per heavy atom. The summed E-state index contributed by atoms with van der Waals surface area (Å²) in [5, 5.41) is 34.9. The van der Waals surface area contributed by atoms with Gasteiger partial charge in [-0.25, -0.2) is 9.59 Å². The molecule has 0 fully saturated rings. The number of fused-ring (bicyclic) bond motifs is 2. The maximum absolute atomic E-state index is 14.3. The minimum absolute atomic E-state index is 0.107. The van der Waals surface area contributed by atoms with E-state index in [0.29, 0.717) is 24.2 Å². The van der Waals surface area contributed by atoms with Crippen LogP contribution in [0.1, 0.15) is 279 Å². The molecule has 2 aromatic rings. The zero-order valence-corrected chi connectivity index (χ0v) is 46.1. The SMILES string of the molecule is CCCCCCCCCCCCCCCCCCN1C(=CC2=C([O-])C(=CC3=[N+](CCCCCCCCCCCCCCCCCC)c4cccc(C(=O)O)c4C3(C)C)C2=O)C(C)(C)c2c(C(=O)O)cccc21. The van der Waals surface area contributed by atoms with E-state index < -0.39 is 22.8 Å². The van der Waals surface area contributed by atoms with Crippen molar-refractivity contribution in [3.8, 4) is 0 Å². The topological polar surface area (TPSA) is 121 Å². The van der Waals surface area contributed by atoms with Crippen molar-refractivity contribution in [1.82, 2.24) is 0 Å². The number of hydrogen-bond acceptors (Lipinski definition) is 5. The zero-order valence-electron chi connectivity index (χ0n) is 46.1. The largest absolute Gasteiger partial charge is 0.871 e. The summed E-state index contributed by atoms with van der Waals surface area (Å²) in [4.78, 5) is 41.7. The van der Waals surface area contributed by atoms with Gasteiger partial charge in [-0.1, -0.05) is 232 Å². The van der Waals surface area contributed by atoms with Crippen molar-refractivity contribution in [2.75, 3.05) is 18.0 Å². The molecule has 0 radical (unpaired) electrons. The normalized spacial score (nSPS) is 16.9. The third-order valence-electron chi connectivity index (χ3n) is 16.3. The highest BCUT2D eigenvalue weighted by molar-refractivity contribution is 6.24. The fraction of sp³-hybridized carbons (Fsp3) is 0.656. The molecule has 0 saturated carbocycles. The molecule has 8 nitrogen and oxygen atoms in total. The molecule has 1 aliphatic carbocycles. The second-order valence-corrected chi connectivity index (χ2v) is 22.7. The average molecular weight is 989 g/mol. The first kappa shape index (κ1) is 58.4. The van der Waals surface area contributed by atoms with E-state index in [1.54, 1.807) is 36.4 Å². The molecule has 0 saturated heterocycles. The van der Waals surface area contributed by atoms with Crippen molar-refractivity contribution in [1.29, 1.82) is 0 Å². The highest BCUT2D eigenvalue weighted by Crippen LogP contribution is 2.51. The Balaban J connectivity index is 1.23. The number of carboxylic acid groups (broad SMARTS) is 2. The Labute approximate surface area is 436 Å². The lowest BCUT2D eigenvalue weighted by Gasteiger charge is -2.33. The van der Waals surface area contributed by atoms with Gasteiger partial charge in [0.1, 0.15) is 6.54 Å². The van der Waals surface area contributed by atoms with Crippen LogP contribution in [-0.4, -0.2) is 51.3 Å². The first-order valence-corrected chi connectivity index (χ1v) is 29.3. The molecule has 0 bridgehead atoms. The first-order chi connectivity index (χ1) is 34.8. The third-order valence-corrected chi connectivity index (χ3v) is 16.3. The average Bonchev–Trinajstić information content (AvgIpc) is 3.71. The van der Waals surface area contributed by atoms with Crippen LogP contribution in [0.3, 0.4) is 0 Å². The van der Waals surface area contributed by atoms with Crippen molar-refractivity contribution >= 4 is 34.8 Å². The van der Waals surface area contributed by atoms with Crippen molar-refractivity contribution in [2.45, 2.75) is 258 Å². The van der Waals surface area contributed by atoms with Gasteiger partial charge in [-0.2, -0.15) is 4.58 Å². The van der Waals surface area contributed by atoms with Gasteiger partial charge in [0, 0.05) is 58.6 Å². The van der Waals surface area contributed by atoms with Gasteiger partial charge in [-0.15, -0.1) is 0 Å². The number of nitrogens with zero attached hydrogens (tertiary/aromatic N) is 2. The number of carboxylic acids is 2. The van der Waals surface area contributed by atoms with Gasteiger partial charge in [-0.3, -0.25) is 4.79 Å². The molecule has 5 rings (SSSR count). The Hall–Kier alpha value is -4.46. The fourth-order valence-corrected chi connectivity index (χ4v) is 12.0. The quantitative estimate of drug-likeness (QED) is 0.0390. The molecule has 0 atom stereocenters. The van der Waals surface area contributed by atoms with Crippen molar-refractivity contribution in [3.63, 3.8) is 0 Å². The lowest BCUT2D eigenvalue weighted by atomic mass is 9.76. The molecule has 0 aromatic heterocycles. The van der Waals surface area contributed by atoms with Crippen LogP contribution in [0, 0.1) is 0 Å². The van der Waals surface area contributed by atoms with E-state index in [2.05, 4.69) is 23.3 Å². The molecular weight excluding hydrogens is 893 g/mol. The van der Waals surface area contributed by atoms with Crippen LogP contribution < -0.4 is 10.0 Å². The van der Waals surface area contributed by atoms with E-state index in [0.717, 1.165) is 61.3 Å². The molecule has 0 unspecified atom stereocenters. The highest BCUT2D eigenvalue weighted by Gasteiger charge is 2.48. The maximum Gasteiger partial charge on any atom is 0.336 e. The molecule has 2 aromatic carbocycles. The van der Waals surface area contributed by atoms with Gasteiger partial charge in [0.2, 0.25) is 5.69 Å². The Kier molecular flexibility index (Phi) is 24.4. The van der Waals surface area contributed by atoms with Gasteiger partial charge in [0.05, 0.1) is 22.1 Å². The van der Waals surface area contributed by atoms with Crippen LogP contribution in [0.5, 0.6) is 0 Å². The van der Waals surface area contributed by atoms with Gasteiger partial charge in [0.15, 0.2) is 11.5 Å². The molecule has 72 heavy (non-hydrogen) atoms. The monoisotopic (exact) mass is 989 g/mol. The first-order valence-electron chi connectivity index (χ1n) is 29.3. The minimum Gasteiger partial charge on any atom is -0.871 e. The van der Waals surface area contributed by atoms with Gasteiger partial charge < -0.3 is 20.2 Å². The van der Waals surface area contributed by atoms with Crippen LogP contribution in [0.25, 0.3) is 0 Å². The number of unbranched alkanes of at least 4 members (excludes halogenated alkanes) is 30. The molecule has 0 spiro atoms. The number of benzene rings is 2. The van der Waals surface area contributed by atoms with E-state index in [9.17, 15) is 29.7 Å². The lowest BCUT2D eigenvalue weighted by Crippen LogP contribution is -2.35. The minimum atomic E-state index is -0.996. The summed E-state index contributed by atoms with van der Waals surface area (Å²) in [6.45, 7) is 13.8. The number of anilines is 1. The number of Topliss-reactive ketones (excluding diaryl/α,β-unsaturated/α-hetero) is 1. The fourth-order valence-electron chi connectivity index (χ4n) is 12.0. The number of aromatic carboxylic acids is 2. The van der Waals surface area contributed by atoms with E-state index >= 15 is 0 Å². The molecule has 398 valence electrons. The number of ketones is 1. The maximum atomic E-state index is 14.3. The molecule has 2 heterocycles. The molecule has 8 heteroatoms. The van der Waals surface area contributed by atoms with Crippen molar-refractivity contribution in [3.05, 3.63) is 93.4 Å². The number of hydrogen-bond donors (Lipinski definition) is 2. The lowest BCUT2D eigenvalue weighted by molar-refractivity contribution is -0.438. The van der Waals surface area contributed by atoms with Crippen LogP contribution in [0.4, 0.5) is 11.4 Å². The smallest absolute Gasteiger partial charge is 0.336 e. The number of carbonyl (C=O) groups excluding carboxylic acids is 1. The van der Waals surface area contributed by atoms with Crippen molar-refractivity contribution in [2.24, 2.45) is 0 Å². The van der Waals surface area contributed by atoms with Gasteiger partial charge in [0.25, 0.3) is 0 Å². The molecule has 3 aliphatic rings. The summed E-state index contributed by atoms with van der Waals surface area (Å²) in [7, 11) is 0. The second kappa shape index (κ2) is 30.0. The van der Waals surface area contributed by atoms with E-state index in [-0.39, 0.29) is 33.8 Å². The summed E-state index contributed by atoms with van der Waals surface area (Å²) in [5.41, 5.74) is 3.72. The number of carbonyl (C=O) groups is 3. The summed E-state index contributed by atoms with van der Waals surface area (Å²) in [6, 6.07) is 10.8. The van der Waals surface area contributed by atoms with Crippen LogP contribution in [-0.2, 0) is 15.6 Å². The zero-order chi connectivity index (χ0) is 51.9. The van der Waals surface area contributed by atoms with Crippen LogP contribution in [0.2, 0.25) is 0 Å². The standard InChI is InChI=1S/C64H96N2O6/c1-7-9-11-13-15-17-19-21-23-25-27-29-31-33-35-37-45-65-53-43-39-41-49(61(69)70)57(53)63(3,4)55(65)47-51-59(67)52(60(51)68)48-56-64(5,6)58-50(62(71)72)42-40-44-54(58)66(56)46-38-36-34-32-30-28-26-24-22-20-18-16-14-12-10-8-2/h39-44,47-48H,7-38,45-46H2,1-6H3,(H2-,67,68,69,70,71,72). The number of rotatable bonds is 38. The van der Waals surface area contributed by atoms with E-state index in [1.807, 2.05) is 39.8 Å². The van der Waals surface area contributed by atoms with Crippen LogP contribution in [0.15, 0.2) is 71.2 Å². The van der Waals surface area contributed by atoms with Crippen LogP contribution >= 0.6 is 0 Å². The summed E-state index contributed by atoms with van der Waals surface area (Å²) >= 11 is 0. The number of allylic oxidation sites excluding steroid dienone is 5. The van der Waals surface area contributed by atoms with Crippen molar-refractivity contribution < 1.29 is 34.3 Å². The Bertz CT molecular complexity index is 2210. The third kappa shape index (κ3) is 15.8. The summed E-state index contributed by atoms with van der Waals surface area (Å²) < 4.78 is 2.15. The predicted molar refractivity (Wildman–Crippen MR) is 297 cm³/mol. The highest BCUT2D eigenvalue weighted by atomic mass is 16.4. The van der Waals surface area contributed by atoms with Gasteiger partial charge >= 0.3 is 11.9 Å². The Morgan fingerprint density at radius 3 is 1.38 bits per heavy atom. The molecule has 2 N–H and O–H groups in total. The molecule has 0 amide bonds. The van der Waals surface area contributed by atoms with E-state index in [1.165, 1.54) is 167 Å². The van der Waals surface area contributed by atoms with Gasteiger partial charge in [-0.05, 0) is 51.0 Å². The summed E-state index contributed by atoms with van der Waals surface area (Å²) in [5.74, 6) is -2.66. The second-order valence-electron chi connectivity index (χ2n) is 22.7.